The zero-order valence-corrected chi connectivity index (χ0v) is 13.5. The summed E-state index contributed by atoms with van der Waals surface area (Å²) in [4.78, 5) is 14.6. The fourth-order valence-electron chi connectivity index (χ4n) is 2.08. The van der Waals surface area contributed by atoms with E-state index in [0.29, 0.717) is 21.1 Å². The smallest absolute Gasteiger partial charge is 0.265 e. The Balaban J connectivity index is 1.92. The van der Waals surface area contributed by atoms with Crippen LogP contribution in [0.2, 0.25) is 5.02 Å². The van der Waals surface area contributed by atoms with E-state index in [4.69, 9.17) is 11.6 Å². The van der Waals surface area contributed by atoms with E-state index in [0.717, 1.165) is 10.9 Å². The third-order valence-corrected chi connectivity index (χ3v) is 5.51. The van der Waals surface area contributed by atoms with Crippen LogP contribution >= 0.6 is 34.3 Å². The number of hydrogen-bond acceptors (Lipinski definition) is 3. The quantitative estimate of drug-likeness (QED) is 0.655. The molecular formula is C15H11ClFNOS2. The minimum absolute atomic E-state index is 0.146. The van der Waals surface area contributed by atoms with E-state index in [9.17, 15) is 9.18 Å². The first-order valence-corrected chi connectivity index (χ1v) is 8.34. The van der Waals surface area contributed by atoms with Crippen molar-refractivity contribution in [2.45, 2.75) is 6.54 Å². The van der Waals surface area contributed by atoms with Crippen molar-refractivity contribution in [2.24, 2.45) is 0 Å². The summed E-state index contributed by atoms with van der Waals surface area (Å²) in [6.07, 6.45) is 0. The molecule has 3 aromatic rings. The Morgan fingerprint density at radius 3 is 2.90 bits per heavy atom. The van der Waals surface area contributed by atoms with Crippen LogP contribution < -0.4 is 0 Å². The summed E-state index contributed by atoms with van der Waals surface area (Å²) in [5, 5.41) is 5.10. The predicted octanol–water partition coefficient (Wildman–Crippen LogP) is 5.03. The first-order chi connectivity index (χ1) is 10.1. The van der Waals surface area contributed by atoms with Crippen LogP contribution in [0.3, 0.4) is 0 Å². The van der Waals surface area contributed by atoms with Crippen molar-refractivity contribution >= 4 is 50.3 Å². The topological polar surface area (TPSA) is 20.3 Å². The Labute approximate surface area is 134 Å². The monoisotopic (exact) mass is 339 g/mol. The molecule has 0 N–H and O–H groups in total. The van der Waals surface area contributed by atoms with Gasteiger partial charge in [0.05, 0.1) is 5.02 Å². The van der Waals surface area contributed by atoms with Crippen LogP contribution in [-0.2, 0) is 6.54 Å². The average Bonchev–Trinajstić information content (AvgIpc) is 3.06. The molecule has 0 aliphatic carbocycles. The molecule has 108 valence electrons. The Morgan fingerprint density at radius 1 is 1.38 bits per heavy atom. The van der Waals surface area contributed by atoms with Gasteiger partial charge in [0.25, 0.3) is 5.91 Å². The maximum atomic E-state index is 13.3. The molecule has 0 saturated carbocycles. The predicted molar refractivity (Wildman–Crippen MR) is 86.9 cm³/mol. The van der Waals surface area contributed by atoms with Gasteiger partial charge in [0.1, 0.15) is 10.7 Å². The Kier molecular flexibility index (Phi) is 3.97. The van der Waals surface area contributed by atoms with E-state index < -0.39 is 0 Å². The first kappa shape index (κ1) is 14.5. The number of halogens is 2. The second-order valence-electron chi connectivity index (χ2n) is 4.68. The van der Waals surface area contributed by atoms with Gasteiger partial charge in [-0.25, -0.2) is 4.39 Å². The molecule has 1 amide bonds. The van der Waals surface area contributed by atoms with Gasteiger partial charge >= 0.3 is 0 Å². The molecular weight excluding hydrogens is 329 g/mol. The molecule has 0 bridgehead atoms. The van der Waals surface area contributed by atoms with Gasteiger partial charge in [-0.15, -0.1) is 11.3 Å². The minimum Gasteiger partial charge on any atom is -0.337 e. The van der Waals surface area contributed by atoms with E-state index in [2.05, 4.69) is 0 Å². The van der Waals surface area contributed by atoms with Crippen molar-refractivity contribution < 1.29 is 9.18 Å². The van der Waals surface area contributed by atoms with E-state index in [1.807, 2.05) is 16.8 Å². The van der Waals surface area contributed by atoms with Crippen LogP contribution in [0, 0.1) is 5.82 Å². The summed E-state index contributed by atoms with van der Waals surface area (Å²) in [5.41, 5.74) is 1.08. The molecule has 0 atom stereocenters. The Hall–Kier alpha value is -1.43. The van der Waals surface area contributed by atoms with E-state index in [1.54, 1.807) is 29.4 Å². The van der Waals surface area contributed by atoms with Gasteiger partial charge in [-0.2, -0.15) is 11.3 Å². The van der Waals surface area contributed by atoms with Gasteiger partial charge in [-0.05, 0) is 40.6 Å². The second-order valence-corrected chi connectivity index (χ2v) is 6.89. The molecule has 0 radical (unpaired) electrons. The van der Waals surface area contributed by atoms with Crippen molar-refractivity contribution in [1.82, 2.24) is 4.90 Å². The summed E-state index contributed by atoms with van der Waals surface area (Å²) in [6.45, 7) is 0.529. The van der Waals surface area contributed by atoms with Crippen LogP contribution in [-0.4, -0.2) is 17.9 Å². The number of nitrogens with zero attached hydrogens (tertiary/aromatic N) is 1. The lowest BCUT2D eigenvalue weighted by atomic mass is 10.2. The summed E-state index contributed by atoms with van der Waals surface area (Å²) in [7, 11) is 1.74. The molecule has 21 heavy (non-hydrogen) atoms. The van der Waals surface area contributed by atoms with Crippen LogP contribution in [0.4, 0.5) is 4.39 Å². The number of thiophene rings is 2. The van der Waals surface area contributed by atoms with Gasteiger partial charge in [0.2, 0.25) is 0 Å². The number of fused-ring (bicyclic) bond motifs is 1. The SMILES string of the molecule is CN(Cc1ccsc1)C(=O)c1sc2cc(F)ccc2c1Cl. The van der Waals surface area contributed by atoms with Gasteiger partial charge in [0, 0.05) is 23.7 Å². The van der Waals surface area contributed by atoms with Crippen molar-refractivity contribution in [3.63, 3.8) is 0 Å². The van der Waals surface area contributed by atoms with Crippen molar-refractivity contribution in [1.29, 1.82) is 0 Å². The number of carbonyl (C=O) groups excluding carboxylic acids is 1. The normalized spacial score (nSPS) is 11.0. The lowest BCUT2D eigenvalue weighted by Gasteiger charge is -2.15. The molecule has 0 aliphatic rings. The fourth-order valence-corrected chi connectivity index (χ4v) is 4.27. The summed E-state index contributed by atoms with van der Waals surface area (Å²) in [6, 6.07) is 6.35. The second kappa shape index (κ2) is 5.75. The lowest BCUT2D eigenvalue weighted by molar-refractivity contribution is 0.0790. The highest BCUT2D eigenvalue weighted by Crippen LogP contribution is 2.36. The molecule has 6 heteroatoms. The molecule has 2 aromatic heterocycles. The summed E-state index contributed by atoms with van der Waals surface area (Å²) in [5.74, 6) is -0.473. The third kappa shape index (κ3) is 2.81. The number of rotatable bonds is 3. The Morgan fingerprint density at radius 2 is 2.19 bits per heavy atom. The summed E-state index contributed by atoms with van der Waals surface area (Å²) < 4.78 is 13.9. The van der Waals surface area contributed by atoms with Crippen LogP contribution in [0.5, 0.6) is 0 Å². The first-order valence-electron chi connectivity index (χ1n) is 6.20. The largest absolute Gasteiger partial charge is 0.337 e. The zero-order chi connectivity index (χ0) is 15.0. The number of hydrogen-bond donors (Lipinski definition) is 0. The lowest BCUT2D eigenvalue weighted by Crippen LogP contribution is -2.25. The maximum Gasteiger partial charge on any atom is 0.265 e. The molecule has 0 unspecified atom stereocenters. The van der Waals surface area contributed by atoms with Crippen molar-refractivity contribution in [3.8, 4) is 0 Å². The van der Waals surface area contributed by atoms with E-state index >= 15 is 0 Å². The molecule has 3 rings (SSSR count). The molecule has 0 fully saturated rings. The van der Waals surface area contributed by atoms with Crippen molar-refractivity contribution in [3.05, 3.63) is 56.3 Å². The minimum atomic E-state index is -0.328. The number of amides is 1. The highest BCUT2D eigenvalue weighted by atomic mass is 35.5. The highest BCUT2D eigenvalue weighted by Gasteiger charge is 2.20. The standard InChI is InChI=1S/C15H11ClFNOS2/c1-18(7-9-4-5-20-8-9)15(19)14-13(16)11-3-2-10(17)6-12(11)21-14/h2-6,8H,7H2,1H3. The van der Waals surface area contributed by atoms with Gasteiger partial charge < -0.3 is 4.90 Å². The van der Waals surface area contributed by atoms with Gasteiger partial charge in [0.15, 0.2) is 0 Å². The number of carbonyl (C=O) groups is 1. The van der Waals surface area contributed by atoms with Gasteiger partial charge in [-0.3, -0.25) is 4.79 Å². The number of benzene rings is 1. The van der Waals surface area contributed by atoms with E-state index in [1.165, 1.54) is 23.5 Å². The summed E-state index contributed by atoms with van der Waals surface area (Å²) >= 11 is 9.09. The Bertz CT molecular complexity index is 797. The highest BCUT2D eigenvalue weighted by molar-refractivity contribution is 7.21. The molecule has 0 spiro atoms. The molecule has 0 saturated heterocycles. The van der Waals surface area contributed by atoms with Crippen LogP contribution in [0.1, 0.15) is 15.2 Å². The maximum absolute atomic E-state index is 13.3. The van der Waals surface area contributed by atoms with E-state index in [-0.39, 0.29) is 11.7 Å². The molecule has 2 nitrogen and oxygen atoms in total. The van der Waals surface area contributed by atoms with Crippen LogP contribution in [0.15, 0.2) is 35.0 Å². The molecule has 1 aromatic carbocycles. The van der Waals surface area contributed by atoms with Crippen molar-refractivity contribution in [2.75, 3.05) is 7.05 Å². The zero-order valence-electron chi connectivity index (χ0n) is 11.1. The average molecular weight is 340 g/mol. The third-order valence-electron chi connectivity index (χ3n) is 3.13. The van der Waals surface area contributed by atoms with Gasteiger partial charge in [-0.1, -0.05) is 11.6 Å². The molecule has 0 aliphatic heterocycles. The molecule has 2 heterocycles. The van der Waals surface area contributed by atoms with Crippen LogP contribution in [0.25, 0.3) is 10.1 Å². The fraction of sp³-hybridized carbons (Fsp3) is 0.133.